The first kappa shape index (κ1) is 54.9. The Morgan fingerprint density at radius 2 is 0.875 bits per heavy atom. The minimum atomic E-state index is -0.787. The standard InChI is InChI=1S/C58H78N8O6.4H2/c1-57(2,3)51(61-49(67)37-59-7)55(71)65-33-15-21-47(65)53(69)63(35-31-41-17-11-9-12-18-41)39-43-23-27-45(28-24-43)46-29-25-44(26-30-46)40-64(36-32-42-19-13-10-14-20-42)54(70)48-22-16-34-66(48)56(72)52(58(4,5)6)62-50(68)38-60-8;;;;/h9-14,17-20,23-30,47-48,51-52,59-60H,15-16,21-22,31-40H2,1-8H3,(H,61,67)(H,62,68);4*1H/t47-,48-,51+,52+;;;;/m0..../s1. The lowest BCUT2D eigenvalue weighted by molar-refractivity contribution is -0.147. The van der Waals surface area contributed by atoms with E-state index in [4.69, 9.17) is 0 Å². The molecule has 72 heavy (non-hydrogen) atoms. The van der Waals surface area contributed by atoms with Crippen LogP contribution >= 0.6 is 0 Å². The third-order valence-corrected chi connectivity index (χ3v) is 13.8. The fourth-order valence-electron chi connectivity index (χ4n) is 9.77. The first-order chi connectivity index (χ1) is 34.4. The largest absolute Gasteiger partial charge is 0.343 e. The minimum Gasteiger partial charge on any atom is -0.343 e. The van der Waals surface area contributed by atoms with Crippen LogP contribution in [-0.2, 0) is 54.7 Å². The molecule has 394 valence electrons. The van der Waals surface area contributed by atoms with Crippen LogP contribution in [0.5, 0.6) is 0 Å². The van der Waals surface area contributed by atoms with Crippen molar-refractivity contribution in [2.75, 3.05) is 53.4 Å². The molecule has 4 aromatic carbocycles. The molecule has 2 aliphatic heterocycles. The number of likely N-dealkylation sites (N-methyl/N-ethyl adjacent to an activating group) is 2. The number of hydrogen-bond donors (Lipinski definition) is 4. The maximum atomic E-state index is 14.7. The average molecular weight is 991 g/mol. The summed E-state index contributed by atoms with van der Waals surface area (Å²) in [5, 5.41) is 11.6. The molecule has 4 N–H and O–H groups in total. The molecule has 2 aliphatic rings. The summed E-state index contributed by atoms with van der Waals surface area (Å²) >= 11 is 0. The van der Waals surface area contributed by atoms with Gasteiger partial charge in [-0.25, -0.2) is 0 Å². The van der Waals surface area contributed by atoms with Gasteiger partial charge in [-0.3, -0.25) is 28.8 Å². The van der Waals surface area contributed by atoms with Gasteiger partial charge < -0.3 is 40.9 Å². The van der Waals surface area contributed by atoms with E-state index in [2.05, 4.69) is 69.8 Å². The second kappa shape index (κ2) is 25.3. The molecule has 0 saturated carbocycles. The fraction of sp³-hybridized carbons (Fsp3) is 0.483. The Labute approximate surface area is 433 Å². The first-order valence-electron chi connectivity index (χ1n) is 25.7. The smallest absolute Gasteiger partial charge is 0.246 e. The third-order valence-electron chi connectivity index (χ3n) is 13.8. The van der Waals surface area contributed by atoms with Crippen molar-refractivity contribution in [1.29, 1.82) is 0 Å². The molecule has 2 heterocycles. The Balaban J connectivity index is 0.00000494. The van der Waals surface area contributed by atoms with E-state index in [-0.39, 0.29) is 54.2 Å². The number of rotatable bonds is 21. The fourth-order valence-corrected chi connectivity index (χ4v) is 9.77. The van der Waals surface area contributed by atoms with Gasteiger partial charge in [-0.05, 0) is 96.8 Å². The lowest BCUT2D eigenvalue weighted by Crippen LogP contribution is -2.58. The van der Waals surface area contributed by atoms with Gasteiger partial charge in [-0.1, -0.05) is 151 Å². The summed E-state index contributed by atoms with van der Waals surface area (Å²) in [4.78, 5) is 90.3. The SMILES string of the molecule is CNCC(=O)N[C@H](C(=O)N1CCC[C@H]1C(=O)N(CCc1ccccc1)Cc1ccc(-c2ccc(CN(CCc3ccccc3)C(=O)[C@@H]3CCCN3C(=O)[C@@H](NC(=O)CNC)C(C)(C)C)cc2)cc1)C(C)(C)C.[HH].[HH].[HH].[HH]. The number of nitrogens with zero attached hydrogens (tertiary/aromatic N) is 4. The van der Waals surface area contributed by atoms with Crippen LogP contribution in [-0.4, -0.2) is 133 Å². The van der Waals surface area contributed by atoms with Crippen molar-refractivity contribution in [1.82, 2.24) is 40.9 Å². The molecule has 0 aliphatic carbocycles. The summed E-state index contributed by atoms with van der Waals surface area (Å²) in [6.07, 6.45) is 3.81. The Morgan fingerprint density at radius 1 is 0.528 bits per heavy atom. The lowest BCUT2D eigenvalue weighted by atomic mass is 9.85. The zero-order valence-corrected chi connectivity index (χ0v) is 43.8. The monoisotopic (exact) mass is 991 g/mol. The van der Waals surface area contributed by atoms with E-state index in [9.17, 15) is 28.8 Å². The zero-order valence-electron chi connectivity index (χ0n) is 43.8. The predicted molar refractivity (Wildman–Crippen MR) is 292 cm³/mol. The lowest BCUT2D eigenvalue weighted by Gasteiger charge is -2.37. The van der Waals surface area contributed by atoms with E-state index in [1.54, 1.807) is 23.9 Å². The van der Waals surface area contributed by atoms with Gasteiger partial charge in [-0.15, -0.1) is 0 Å². The molecule has 2 saturated heterocycles. The molecule has 6 amide bonds. The first-order valence-corrected chi connectivity index (χ1v) is 25.7. The van der Waals surface area contributed by atoms with E-state index < -0.39 is 35.0 Å². The summed E-state index contributed by atoms with van der Waals surface area (Å²) in [5.74, 6) is -1.22. The van der Waals surface area contributed by atoms with Crippen LogP contribution in [0.25, 0.3) is 11.1 Å². The molecule has 0 radical (unpaired) electrons. The van der Waals surface area contributed by atoms with Gasteiger partial charge in [0.25, 0.3) is 0 Å². The van der Waals surface area contributed by atoms with E-state index >= 15 is 0 Å². The van der Waals surface area contributed by atoms with Crippen molar-refractivity contribution in [3.63, 3.8) is 0 Å². The van der Waals surface area contributed by atoms with Crippen molar-refractivity contribution in [2.24, 2.45) is 10.8 Å². The van der Waals surface area contributed by atoms with Crippen molar-refractivity contribution >= 4 is 35.4 Å². The summed E-state index contributed by atoms with van der Waals surface area (Å²) in [7, 11) is 3.37. The predicted octanol–water partition coefficient (Wildman–Crippen LogP) is 6.96. The maximum absolute atomic E-state index is 14.7. The highest BCUT2D eigenvalue weighted by Crippen LogP contribution is 2.30. The molecule has 0 aromatic heterocycles. The van der Waals surface area contributed by atoms with Crippen molar-refractivity contribution < 1.29 is 34.5 Å². The Morgan fingerprint density at radius 3 is 1.19 bits per heavy atom. The molecule has 4 aromatic rings. The number of benzene rings is 4. The highest BCUT2D eigenvalue weighted by Gasteiger charge is 2.44. The van der Waals surface area contributed by atoms with Gasteiger partial charge >= 0.3 is 0 Å². The number of amides is 6. The van der Waals surface area contributed by atoms with Crippen LogP contribution in [0.4, 0.5) is 0 Å². The van der Waals surface area contributed by atoms with Crippen LogP contribution in [0.3, 0.4) is 0 Å². The second-order valence-corrected chi connectivity index (χ2v) is 21.6. The molecule has 14 heteroatoms. The Kier molecular flexibility index (Phi) is 19.3. The summed E-state index contributed by atoms with van der Waals surface area (Å²) < 4.78 is 0. The molecule has 4 atom stereocenters. The van der Waals surface area contributed by atoms with Crippen molar-refractivity contribution in [3.8, 4) is 11.1 Å². The minimum absolute atomic E-state index is 0. The van der Waals surface area contributed by atoms with Gasteiger partial charge in [0.1, 0.15) is 24.2 Å². The normalized spacial score (nSPS) is 16.7. The number of carbonyl (C=O) groups is 6. The highest BCUT2D eigenvalue weighted by molar-refractivity contribution is 5.94. The van der Waals surface area contributed by atoms with Gasteiger partial charge in [0.2, 0.25) is 35.4 Å². The van der Waals surface area contributed by atoms with E-state index in [1.807, 2.05) is 112 Å². The van der Waals surface area contributed by atoms with E-state index in [0.717, 1.165) is 33.4 Å². The third kappa shape index (κ3) is 14.8. The number of likely N-dealkylation sites (tertiary alicyclic amines) is 2. The van der Waals surface area contributed by atoms with Crippen molar-refractivity contribution in [3.05, 3.63) is 131 Å². The summed E-state index contributed by atoms with van der Waals surface area (Å²) in [6, 6.07) is 33.7. The highest BCUT2D eigenvalue weighted by atomic mass is 16.2. The summed E-state index contributed by atoms with van der Waals surface area (Å²) in [6.45, 7) is 14.3. The molecule has 0 spiro atoms. The molecule has 2 fully saturated rings. The number of hydrogen-bond acceptors (Lipinski definition) is 8. The van der Waals surface area contributed by atoms with Gasteiger partial charge in [0.15, 0.2) is 0 Å². The second-order valence-electron chi connectivity index (χ2n) is 21.6. The zero-order chi connectivity index (χ0) is 52.0. The number of carbonyl (C=O) groups excluding carboxylic acids is 6. The molecule has 6 rings (SSSR count). The topological polar surface area (TPSA) is 164 Å². The molecule has 0 unspecified atom stereocenters. The van der Waals surface area contributed by atoms with E-state index in [1.165, 1.54) is 0 Å². The van der Waals surface area contributed by atoms with Crippen LogP contribution in [0.1, 0.15) is 95.2 Å². The quantitative estimate of drug-likeness (QED) is 0.0697. The summed E-state index contributed by atoms with van der Waals surface area (Å²) in [5.41, 5.74) is 5.01. The van der Waals surface area contributed by atoms with Gasteiger partial charge in [0, 0.05) is 45.0 Å². The van der Waals surface area contributed by atoms with Crippen LogP contribution < -0.4 is 21.3 Å². The molecular formula is C58H86N8O6. The maximum Gasteiger partial charge on any atom is 0.246 e. The van der Waals surface area contributed by atoms with E-state index in [0.29, 0.717) is 77.8 Å². The Hall–Kier alpha value is -6.38. The van der Waals surface area contributed by atoms with Crippen LogP contribution in [0.15, 0.2) is 109 Å². The molecule has 0 bridgehead atoms. The van der Waals surface area contributed by atoms with Crippen LogP contribution in [0.2, 0.25) is 0 Å². The molecular weight excluding hydrogens is 905 g/mol. The molecule has 14 nitrogen and oxygen atoms in total. The van der Waals surface area contributed by atoms with Crippen molar-refractivity contribution in [2.45, 2.75) is 117 Å². The van der Waals surface area contributed by atoms with Gasteiger partial charge in [-0.2, -0.15) is 0 Å². The number of nitrogens with one attached hydrogen (secondary N) is 4. The average Bonchev–Trinajstić information content (AvgIpc) is 4.07. The van der Waals surface area contributed by atoms with Gasteiger partial charge in [0.05, 0.1) is 13.1 Å². The van der Waals surface area contributed by atoms with Crippen LogP contribution in [0, 0.1) is 10.8 Å². The Bertz CT molecular complexity index is 2290.